The van der Waals surface area contributed by atoms with Gasteiger partial charge < -0.3 is 14.8 Å². The lowest BCUT2D eigenvalue weighted by Crippen LogP contribution is -2.16. The maximum atomic E-state index is 11.8. The van der Waals surface area contributed by atoms with E-state index >= 15 is 0 Å². The quantitative estimate of drug-likeness (QED) is 0.742. The second-order valence-corrected chi connectivity index (χ2v) is 5.97. The summed E-state index contributed by atoms with van der Waals surface area (Å²) in [5.74, 6) is 1.00. The van der Waals surface area contributed by atoms with E-state index in [4.69, 9.17) is 9.47 Å². The van der Waals surface area contributed by atoms with Crippen LogP contribution in [0.5, 0.6) is 11.5 Å². The van der Waals surface area contributed by atoms with Gasteiger partial charge in [0.15, 0.2) is 5.78 Å². The smallest absolute Gasteiger partial charge is 0.224 e. The normalized spacial score (nSPS) is 10.1. The van der Waals surface area contributed by atoms with Crippen molar-refractivity contribution >= 4 is 33.3 Å². The zero-order valence-electron chi connectivity index (χ0n) is 13.3. The van der Waals surface area contributed by atoms with Crippen LogP contribution in [0.1, 0.15) is 12.8 Å². The summed E-state index contributed by atoms with van der Waals surface area (Å²) in [6.45, 7) is -0.0442. The fourth-order valence-electron chi connectivity index (χ4n) is 1.92. The molecule has 0 bridgehead atoms. The lowest BCUT2D eigenvalue weighted by molar-refractivity contribution is -0.124. The molecule has 0 unspecified atom stereocenters. The molecule has 0 spiro atoms. The van der Waals surface area contributed by atoms with Crippen LogP contribution < -0.4 is 14.8 Å². The molecule has 2 aromatic rings. The Labute approximate surface area is 149 Å². The minimum atomic E-state index is -0.211. The summed E-state index contributed by atoms with van der Waals surface area (Å²) in [5.41, 5.74) is 0.666. The van der Waals surface area contributed by atoms with Gasteiger partial charge in [-0.3, -0.25) is 9.59 Å². The Morgan fingerprint density at radius 3 is 2.21 bits per heavy atom. The lowest BCUT2D eigenvalue weighted by atomic mass is 10.2. The van der Waals surface area contributed by atoms with Crippen molar-refractivity contribution in [2.24, 2.45) is 0 Å². The summed E-state index contributed by atoms with van der Waals surface area (Å²) in [5, 5.41) is 2.74. The van der Waals surface area contributed by atoms with E-state index in [9.17, 15) is 9.59 Å². The standard InChI is InChI=1S/C18H18BrNO4/c1-23-16-9-4-14(5-10-16)20-18(22)11-6-15(21)12-24-17-7-2-13(19)3-8-17/h2-5,7-10H,6,11-12H2,1H3,(H,20,22). The Balaban J connectivity index is 1.70. The molecule has 0 radical (unpaired) electrons. The average Bonchev–Trinajstić information content (AvgIpc) is 2.60. The molecule has 0 saturated carbocycles. The first kappa shape index (κ1) is 18.0. The third kappa shape index (κ3) is 6.04. The van der Waals surface area contributed by atoms with Gasteiger partial charge in [0.05, 0.1) is 7.11 Å². The third-order valence-electron chi connectivity index (χ3n) is 3.22. The summed E-state index contributed by atoms with van der Waals surface area (Å²) in [7, 11) is 1.58. The van der Waals surface area contributed by atoms with Crippen molar-refractivity contribution in [1.82, 2.24) is 0 Å². The molecule has 0 aromatic heterocycles. The van der Waals surface area contributed by atoms with E-state index in [0.29, 0.717) is 17.2 Å². The molecule has 2 aromatic carbocycles. The number of ether oxygens (including phenoxy) is 2. The van der Waals surface area contributed by atoms with Crippen molar-refractivity contribution in [2.75, 3.05) is 19.0 Å². The Morgan fingerprint density at radius 2 is 1.58 bits per heavy atom. The van der Waals surface area contributed by atoms with Gasteiger partial charge in [0.1, 0.15) is 18.1 Å². The van der Waals surface area contributed by atoms with Gasteiger partial charge in [0.25, 0.3) is 0 Å². The highest BCUT2D eigenvalue weighted by molar-refractivity contribution is 9.10. The van der Waals surface area contributed by atoms with Gasteiger partial charge in [-0.25, -0.2) is 0 Å². The molecule has 6 heteroatoms. The lowest BCUT2D eigenvalue weighted by Gasteiger charge is -2.07. The number of nitrogens with one attached hydrogen (secondary N) is 1. The van der Waals surface area contributed by atoms with Crippen LogP contribution in [0, 0.1) is 0 Å². The van der Waals surface area contributed by atoms with Gasteiger partial charge in [-0.1, -0.05) is 15.9 Å². The number of methoxy groups -OCH3 is 1. The van der Waals surface area contributed by atoms with Gasteiger partial charge in [0.2, 0.25) is 5.91 Å². The number of anilines is 1. The molecule has 5 nitrogen and oxygen atoms in total. The minimum absolute atomic E-state index is 0.0442. The molecule has 0 aliphatic carbocycles. The van der Waals surface area contributed by atoms with Crippen LogP contribution in [0.15, 0.2) is 53.0 Å². The van der Waals surface area contributed by atoms with E-state index in [1.54, 1.807) is 43.5 Å². The highest BCUT2D eigenvalue weighted by atomic mass is 79.9. The highest BCUT2D eigenvalue weighted by Crippen LogP contribution is 2.17. The second kappa shape index (κ2) is 9.08. The van der Waals surface area contributed by atoms with Crippen LogP contribution in [-0.4, -0.2) is 25.4 Å². The largest absolute Gasteiger partial charge is 0.497 e. The zero-order chi connectivity index (χ0) is 17.4. The summed E-state index contributed by atoms with van der Waals surface area (Å²) >= 11 is 3.33. The summed E-state index contributed by atoms with van der Waals surface area (Å²) in [6.07, 6.45) is 0.257. The first-order valence-electron chi connectivity index (χ1n) is 7.41. The van der Waals surface area contributed by atoms with Crippen molar-refractivity contribution in [1.29, 1.82) is 0 Å². The molecule has 0 heterocycles. The maximum absolute atomic E-state index is 11.8. The Bertz CT molecular complexity index is 683. The van der Waals surface area contributed by atoms with Gasteiger partial charge in [-0.15, -0.1) is 0 Å². The first-order chi connectivity index (χ1) is 11.6. The number of hydrogen-bond acceptors (Lipinski definition) is 4. The van der Waals surface area contributed by atoms with E-state index in [-0.39, 0.29) is 31.1 Å². The molecule has 1 amide bonds. The topological polar surface area (TPSA) is 64.6 Å². The number of benzene rings is 2. The molecule has 1 N–H and O–H groups in total. The minimum Gasteiger partial charge on any atom is -0.497 e. The Kier molecular flexibility index (Phi) is 6.81. The summed E-state index contributed by atoms with van der Waals surface area (Å²) in [6, 6.07) is 14.2. The maximum Gasteiger partial charge on any atom is 0.224 e. The third-order valence-corrected chi connectivity index (χ3v) is 3.75. The number of rotatable bonds is 8. The zero-order valence-corrected chi connectivity index (χ0v) is 14.8. The number of carbonyl (C=O) groups excluding carboxylic acids is 2. The van der Waals surface area contributed by atoms with Gasteiger partial charge in [-0.2, -0.15) is 0 Å². The van der Waals surface area contributed by atoms with E-state index < -0.39 is 0 Å². The number of amides is 1. The van der Waals surface area contributed by atoms with Crippen molar-refractivity contribution in [2.45, 2.75) is 12.8 Å². The Morgan fingerprint density at radius 1 is 0.958 bits per heavy atom. The van der Waals surface area contributed by atoms with E-state index in [0.717, 1.165) is 4.47 Å². The van der Waals surface area contributed by atoms with Crippen LogP contribution in [-0.2, 0) is 9.59 Å². The molecular formula is C18H18BrNO4. The SMILES string of the molecule is COc1ccc(NC(=O)CCC(=O)COc2ccc(Br)cc2)cc1. The monoisotopic (exact) mass is 391 g/mol. The molecule has 0 fully saturated rings. The fourth-order valence-corrected chi connectivity index (χ4v) is 2.18. The van der Waals surface area contributed by atoms with Crippen LogP contribution in [0.2, 0.25) is 0 Å². The molecule has 0 atom stereocenters. The van der Waals surface area contributed by atoms with Gasteiger partial charge in [0, 0.05) is 23.0 Å². The predicted octanol–water partition coefficient (Wildman–Crippen LogP) is 3.82. The van der Waals surface area contributed by atoms with Crippen LogP contribution in [0.3, 0.4) is 0 Å². The predicted molar refractivity (Wildman–Crippen MR) is 95.5 cm³/mol. The first-order valence-corrected chi connectivity index (χ1v) is 8.20. The van der Waals surface area contributed by atoms with Crippen molar-refractivity contribution < 1.29 is 19.1 Å². The Hall–Kier alpha value is -2.34. The number of Topliss-reactive ketones (excluding diaryl/α,β-unsaturated/α-hetero) is 1. The highest BCUT2D eigenvalue weighted by Gasteiger charge is 2.08. The van der Waals surface area contributed by atoms with Crippen LogP contribution >= 0.6 is 15.9 Å². The number of hydrogen-bond donors (Lipinski definition) is 1. The number of carbonyl (C=O) groups is 2. The van der Waals surface area contributed by atoms with E-state index in [1.807, 2.05) is 12.1 Å². The average molecular weight is 392 g/mol. The van der Waals surface area contributed by atoms with Gasteiger partial charge in [-0.05, 0) is 48.5 Å². The van der Waals surface area contributed by atoms with Crippen molar-refractivity contribution in [3.63, 3.8) is 0 Å². The van der Waals surface area contributed by atoms with E-state index in [2.05, 4.69) is 21.2 Å². The van der Waals surface area contributed by atoms with Crippen LogP contribution in [0.25, 0.3) is 0 Å². The van der Waals surface area contributed by atoms with Crippen LogP contribution in [0.4, 0.5) is 5.69 Å². The molecule has 2 rings (SSSR count). The number of halogens is 1. The van der Waals surface area contributed by atoms with E-state index in [1.165, 1.54) is 0 Å². The molecular weight excluding hydrogens is 374 g/mol. The fraction of sp³-hybridized carbons (Fsp3) is 0.222. The second-order valence-electron chi connectivity index (χ2n) is 5.06. The molecule has 0 aliphatic heterocycles. The van der Waals surface area contributed by atoms with Crippen molar-refractivity contribution in [3.05, 3.63) is 53.0 Å². The molecule has 24 heavy (non-hydrogen) atoms. The molecule has 0 aliphatic rings. The molecule has 126 valence electrons. The van der Waals surface area contributed by atoms with Crippen molar-refractivity contribution in [3.8, 4) is 11.5 Å². The summed E-state index contributed by atoms with van der Waals surface area (Å²) < 4.78 is 11.4. The summed E-state index contributed by atoms with van der Waals surface area (Å²) in [4.78, 5) is 23.6. The van der Waals surface area contributed by atoms with Gasteiger partial charge >= 0.3 is 0 Å². The number of ketones is 1. The molecule has 0 saturated heterocycles.